The zero-order valence-corrected chi connectivity index (χ0v) is 13.5. The van der Waals surface area contributed by atoms with E-state index in [1.54, 1.807) is 6.92 Å². The van der Waals surface area contributed by atoms with E-state index in [1.165, 1.54) is 13.2 Å². The van der Waals surface area contributed by atoms with Crippen molar-refractivity contribution >= 4 is 17.9 Å². The van der Waals surface area contributed by atoms with Gasteiger partial charge in [-0.1, -0.05) is 13.8 Å². The number of ether oxygens (including phenoxy) is 1. The van der Waals surface area contributed by atoms with Gasteiger partial charge in [-0.15, -0.1) is 0 Å². The van der Waals surface area contributed by atoms with Crippen molar-refractivity contribution in [2.45, 2.75) is 33.7 Å². The van der Waals surface area contributed by atoms with Gasteiger partial charge in [0.1, 0.15) is 6.26 Å². The smallest absolute Gasteiger partial charge is 0.360 e. The lowest BCUT2D eigenvalue weighted by atomic mass is 9.91. The Morgan fingerprint density at radius 3 is 2.82 bits per heavy atom. The highest BCUT2D eigenvalue weighted by Gasteiger charge is 2.37. The monoisotopic (exact) mass is 309 g/mol. The van der Waals surface area contributed by atoms with Crippen molar-refractivity contribution < 1.29 is 18.7 Å². The Balaban J connectivity index is 2.10. The van der Waals surface area contributed by atoms with Gasteiger partial charge in [-0.25, -0.2) is 4.79 Å². The molecule has 0 spiro atoms. The third-order valence-corrected chi connectivity index (χ3v) is 3.86. The Morgan fingerprint density at radius 2 is 2.23 bits per heavy atom. The van der Waals surface area contributed by atoms with Crippen LogP contribution in [0.15, 0.2) is 10.7 Å². The molecule has 122 valence electrons. The largest absolute Gasteiger partial charge is 0.461 e. The minimum absolute atomic E-state index is 0.0443. The fraction of sp³-hybridized carbons (Fsp3) is 0.667. The fourth-order valence-corrected chi connectivity index (χ4v) is 2.78. The molecule has 22 heavy (non-hydrogen) atoms. The molecule has 1 aliphatic heterocycles. The summed E-state index contributed by atoms with van der Waals surface area (Å²) in [5.41, 5.74) is 0.168. The van der Waals surface area contributed by atoms with Gasteiger partial charge in [0.25, 0.3) is 6.01 Å². The minimum Gasteiger partial charge on any atom is -0.461 e. The summed E-state index contributed by atoms with van der Waals surface area (Å²) < 4.78 is 10.3. The van der Waals surface area contributed by atoms with Crippen LogP contribution in [0.1, 0.15) is 38.2 Å². The molecule has 7 nitrogen and oxygen atoms in total. The summed E-state index contributed by atoms with van der Waals surface area (Å²) in [5, 5.41) is 2.98. The number of hydrogen-bond acceptors (Lipinski definition) is 6. The maximum absolute atomic E-state index is 11.6. The number of amides is 1. The van der Waals surface area contributed by atoms with Crippen LogP contribution in [0.3, 0.4) is 0 Å². The van der Waals surface area contributed by atoms with Crippen LogP contribution in [-0.4, -0.2) is 42.6 Å². The molecule has 2 atom stereocenters. The van der Waals surface area contributed by atoms with Gasteiger partial charge in [-0.05, 0) is 12.8 Å². The maximum atomic E-state index is 11.6. The molecule has 0 aliphatic carbocycles. The van der Waals surface area contributed by atoms with Gasteiger partial charge in [-0.3, -0.25) is 4.79 Å². The van der Waals surface area contributed by atoms with Crippen LogP contribution < -0.4 is 10.2 Å². The molecule has 1 aromatic rings. The van der Waals surface area contributed by atoms with E-state index in [1.807, 2.05) is 4.90 Å². The second kappa shape index (κ2) is 6.81. The molecule has 2 unspecified atom stereocenters. The molecule has 0 aromatic carbocycles. The van der Waals surface area contributed by atoms with Crippen molar-refractivity contribution in [3.8, 4) is 0 Å². The van der Waals surface area contributed by atoms with Crippen molar-refractivity contribution in [2.24, 2.45) is 11.8 Å². The van der Waals surface area contributed by atoms with Gasteiger partial charge >= 0.3 is 5.97 Å². The summed E-state index contributed by atoms with van der Waals surface area (Å²) in [6.45, 7) is 9.15. The normalized spacial score (nSPS) is 21.2. The zero-order chi connectivity index (χ0) is 16.3. The average molecular weight is 309 g/mol. The molecule has 0 radical (unpaired) electrons. The lowest BCUT2D eigenvalue weighted by Gasteiger charge is -2.21. The molecule has 1 aromatic heterocycles. The highest BCUT2D eigenvalue weighted by Crippen LogP contribution is 2.28. The van der Waals surface area contributed by atoms with Crippen LogP contribution >= 0.6 is 0 Å². The van der Waals surface area contributed by atoms with Crippen molar-refractivity contribution in [3.63, 3.8) is 0 Å². The Morgan fingerprint density at radius 1 is 1.50 bits per heavy atom. The fourth-order valence-electron chi connectivity index (χ4n) is 2.78. The molecule has 1 aliphatic rings. The first kappa shape index (κ1) is 16.3. The number of anilines is 1. The van der Waals surface area contributed by atoms with Crippen LogP contribution in [0.4, 0.5) is 6.01 Å². The standard InChI is InChI=1S/C15H23N3O4/c1-5-21-14(20)13-8-22-15(17-13)18-6-11(9(2)3)12(7-18)16-10(4)19/h8-9,11-12H,5-7H2,1-4H3,(H,16,19). The number of nitrogens with zero attached hydrogens (tertiary/aromatic N) is 2. The van der Waals surface area contributed by atoms with Crippen LogP contribution in [0, 0.1) is 11.8 Å². The third-order valence-electron chi connectivity index (χ3n) is 3.86. The molecular formula is C15H23N3O4. The van der Waals surface area contributed by atoms with Crippen LogP contribution in [0.2, 0.25) is 0 Å². The first-order chi connectivity index (χ1) is 10.4. The molecule has 0 bridgehead atoms. The lowest BCUT2D eigenvalue weighted by Crippen LogP contribution is -2.40. The quantitative estimate of drug-likeness (QED) is 0.829. The Hall–Kier alpha value is -2.05. The van der Waals surface area contributed by atoms with Crippen LogP contribution in [0.5, 0.6) is 0 Å². The van der Waals surface area contributed by atoms with Crippen molar-refractivity contribution in [1.82, 2.24) is 10.3 Å². The number of oxazole rings is 1. The summed E-state index contributed by atoms with van der Waals surface area (Å²) in [7, 11) is 0. The number of carbonyl (C=O) groups excluding carboxylic acids is 2. The second-order valence-corrected chi connectivity index (χ2v) is 5.86. The third kappa shape index (κ3) is 3.58. The number of aromatic nitrogens is 1. The molecular weight excluding hydrogens is 286 g/mol. The van der Waals surface area contributed by atoms with E-state index in [0.29, 0.717) is 31.0 Å². The number of rotatable bonds is 5. The molecule has 1 fully saturated rings. The molecule has 2 rings (SSSR count). The van der Waals surface area contributed by atoms with Gasteiger partial charge < -0.3 is 19.4 Å². The SMILES string of the molecule is CCOC(=O)c1coc(N2CC(NC(C)=O)C(C(C)C)C2)n1. The molecule has 1 N–H and O–H groups in total. The summed E-state index contributed by atoms with van der Waals surface area (Å²) in [4.78, 5) is 29.1. The second-order valence-electron chi connectivity index (χ2n) is 5.86. The number of hydrogen-bond donors (Lipinski definition) is 1. The van der Waals surface area contributed by atoms with E-state index in [0.717, 1.165) is 6.54 Å². The van der Waals surface area contributed by atoms with Crippen LogP contribution in [-0.2, 0) is 9.53 Å². The summed E-state index contributed by atoms with van der Waals surface area (Å²) in [6.07, 6.45) is 1.31. The zero-order valence-electron chi connectivity index (χ0n) is 13.5. The van der Waals surface area contributed by atoms with Crippen molar-refractivity contribution in [1.29, 1.82) is 0 Å². The van der Waals surface area contributed by atoms with E-state index in [9.17, 15) is 9.59 Å². The molecule has 2 heterocycles. The number of carbonyl (C=O) groups is 2. The molecule has 7 heteroatoms. The summed E-state index contributed by atoms with van der Waals surface area (Å²) >= 11 is 0. The Kier molecular flexibility index (Phi) is 5.05. The lowest BCUT2D eigenvalue weighted by molar-refractivity contribution is -0.119. The van der Waals surface area contributed by atoms with Gasteiger partial charge in [0.15, 0.2) is 5.69 Å². The van der Waals surface area contributed by atoms with Crippen LogP contribution in [0.25, 0.3) is 0 Å². The summed E-state index contributed by atoms with van der Waals surface area (Å²) in [6, 6.07) is 0.442. The molecule has 1 amide bonds. The topological polar surface area (TPSA) is 84.7 Å². The highest BCUT2D eigenvalue weighted by atomic mass is 16.5. The van der Waals surface area contributed by atoms with Gasteiger partial charge in [-0.2, -0.15) is 4.98 Å². The summed E-state index contributed by atoms with van der Waals surface area (Å²) in [5.74, 6) is 0.191. The average Bonchev–Trinajstić information content (AvgIpc) is 3.04. The van der Waals surface area contributed by atoms with Gasteiger partial charge in [0.05, 0.1) is 12.6 Å². The first-order valence-electron chi connectivity index (χ1n) is 7.57. The number of esters is 1. The molecule has 0 saturated carbocycles. The predicted molar refractivity (Wildman–Crippen MR) is 80.6 cm³/mol. The van der Waals surface area contributed by atoms with E-state index in [-0.39, 0.29) is 17.6 Å². The van der Waals surface area contributed by atoms with E-state index in [4.69, 9.17) is 9.15 Å². The van der Waals surface area contributed by atoms with E-state index < -0.39 is 5.97 Å². The van der Waals surface area contributed by atoms with E-state index in [2.05, 4.69) is 24.1 Å². The van der Waals surface area contributed by atoms with Crippen molar-refractivity contribution in [2.75, 3.05) is 24.6 Å². The highest BCUT2D eigenvalue weighted by molar-refractivity contribution is 5.87. The maximum Gasteiger partial charge on any atom is 0.360 e. The van der Waals surface area contributed by atoms with Crippen molar-refractivity contribution in [3.05, 3.63) is 12.0 Å². The Labute approximate surface area is 130 Å². The minimum atomic E-state index is -0.490. The van der Waals surface area contributed by atoms with Gasteiger partial charge in [0.2, 0.25) is 5.91 Å². The Bertz CT molecular complexity index is 541. The van der Waals surface area contributed by atoms with E-state index >= 15 is 0 Å². The number of nitrogens with one attached hydrogen (secondary N) is 1. The molecule has 1 saturated heterocycles. The predicted octanol–water partition coefficient (Wildman–Crippen LogP) is 1.45. The van der Waals surface area contributed by atoms with Gasteiger partial charge in [0, 0.05) is 25.9 Å². The first-order valence-corrected chi connectivity index (χ1v) is 7.57.